The molecule has 2 heterocycles. The minimum Gasteiger partial charge on any atom is -0.349 e. The summed E-state index contributed by atoms with van der Waals surface area (Å²) in [6.07, 6.45) is 1.39. The zero-order valence-corrected chi connectivity index (χ0v) is 14.7. The largest absolute Gasteiger partial charge is 0.376 e. The fraction of sp³-hybridized carbons (Fsp3) is 0.125. The van der Waals surface area contributed by atoms with Crippen molar-refractivity contribution in [3.63, 3.8) is 0 Å². The lowest BCUT2D eigenvalue weighted by Gasteiger charge is -2.19. The molecule has 11 heteroatoms. The molecule has 0 bridgehead atoms. The van der Waals surface area contributed by atoms with E-state index in [1.807, 2.05) is 0 Å². The molecule has 0 N–H and O–H groups in total. The van der Waals surface area contributed by atoms with E-state index >= 15 is 0 Å². The SMILES string of the molecule is CN(Cc1cc([N+](=O)[O-])ccc1Cl)c1nc2ccccn2c(=O)c1[N+](=O)[O-]. The number of fused-ring (bicyclic) bond motifs is 1. The van der Waals surface area contributed by atoms with Crippen molar-refractivity contribution >= 4 is 34.4 Å². The van der Waals surface area contributed by atoms with Gasteiger partial charge >= 0.3 is 11.2 Å². The molecule has 0 amide bonds. The van der Waals surface area contributed by atoms with E-state index in [9.17, 15) is 25.0 Å². The van der Waals surface area contributed by atoms with Gasteiger partial charge in [0.2, 0.25) is 5.82 Å². The third-order valence-electron chi connectivity index (χ3n) is 3.88. The van der Waals surface area contributed by atoms with Crippen LogP contribution in [0.4, 0.5) is 17.2 Å². The summed E-state index contributed by atoms with van der Waals surface area (Å²) in [5, 5.41) is 22.7. The number of benzene rings is 1. The highest BCUT2D eigenvalue weighted by molar-refractivity contribution is 6.31. The lowest BCUT2D eigenvalue weighted by atomic mass is 10.2. The van der Waals surface area contributed by atoms with Crippen LogP contribution in [-0.4, -0.2) is 26.3 Å². The summed E-state index contributed by atoms with van der Waals surface area (Å²) < 4.78 is 1.08. The second-order valence-corrected chi connectivity index (χ2v) is 6.07. The van der Waals surface area contributed by atoms with Gasteiger partial charge in [-0.05, 0) is 23.8 Å². The van der Waals surface area contributed by atoms with Gasteiger partial charge in [0.1, 0.15) is 5.65 Å². The van der Waals surface area contributed by atoms with Crippen molar-refractivity contribution in [2.75, 3.05) is 11.9 Å². The Bertz CT molecular complexity index is 1130. The van der Waals surface area contributed by atoms with Crippen LogP contribution in [0, 0.1) is 20.2 Å². The van der Waals surface area contributed by atoms with Crippen LogP contribution in [0.2, 0.25) is 5.02 Å². The predicted molar refractivity (Wildman–Crippen MR) is 98.3 cm³/mol. The smallest absolute Gasteiger partial charge is 0.349 e. The molecule has 0 atom stereocenters. The van der Waals surface area contributed by atoms with Gasteiger partial charge in [-0.15, -0.1) is 0 Å². The molecule has 0 saturated carbocycles. The van der Waals surface area contributed by atoms with Crippen LogP contribution in [0.15, 0.2) is 47.4 Å². The van der Waals surface area contributed by atoms with E-state index in [4.69, 9.17) is 11.6 Å². The average Bonchev–Trinajstić information content (AvgIpc) is 2.62. The van der Waals surface area contributed by atoms with Crippen LogP contribution in [0.25, 0.3) is 5.65 Å². The topological polar surface area (TPSA) is 124 Å². The molecule has 2 aromatic heterocycles. The molecular formula is C16H12ClN5O5. The maximum absolute atomic E-state index is 12.5. The monoisotopic (exact) mass is 389 g/mol. The second kappa shape index (κ2) is 7.00. The van der Waals surface area contributed by atoms with Gasteiger partial charge in [-0.1, -0.05) is 17.7 Å². The quantitative estimate of drug-likeness (QED) is 0.485. The first kappa shape index (κ1) is 18.3. The molecule has 27 heavy (non-hydrogen) atoms. The standard InChI is InChI=1S/C16H12ClN5O5/c1-19(9-10-8-11(21(24)25)5-6-12(10)17)15-14(22(26)27)16(23)20-7-3-2-4-13(20)18-15/h2-8H,9H2,1H3. The van der Waals surface area contributed by atoms with Crippen molar-refractivity contribution in [3.8, 4) is 0 Å². The molecule has 0 radical (unpaired) electrons. The Hall–Kier alpha value is -3.53. The maximum Gasteiger partial charge on any atom is 0.376 e. The van der Waals surface area contributed by atoms with Crippen LogP contribution in [0.3, 0.4) is 0 Å². The van der Waals surface area contributed by atoms with Gasteiger partial charge in [-0.25, -0.2) is 4.98 Å². The number of hydrogen-bond acceptors (Lipinski definition) is 7. The minimum atomic E-state index is -0.822. The summed E-state index contributed by atoms with van der Waals surface area (Å²) in [6.45, 7) is -0.0171. The number of nitrogens with zero attached hydrogens (tertiary/aromatic N) is 5. The van der Waals surface area contributed by atoms with Crippen molar-refractivity contribution in [2.45, 2.75) is 6.54 Å². The minimum absolute atomic E-state index is 0.0171. The van der Waals surface area contributed by atoms with Crippen LogP contribution >= 0.6 is 11.6 Å². The van der Waals surface area contributed by atoms with E-state index in [1.54, 1.807) is 18.2 Å². The number of non-ortho nitro benzene ring substituents is 1. The van der Waals surface area contributed by atoms with Gasteiger partial charge in [0.25, 0.3) is 5.69 Å². The van der Waals surface area contributed by atoms with Crippen LogP contribution in [0.1, 0.15) is 5.56 Å². The van der Waals surface area contributed by atoms with E-state index < -0.39 is 21.1 Å². The maximum atomic E-state index is 12.5. The van der Waals surface area contributed by atoms with Gasteiger partial charge in [0, 0.05) is 36.9 Å². The number of aromatic nitrogens is 2. The Morgan fingerprint density at radius 2 is 1.93 bits per heavy atom. The van der Waals surface area contributed by atoms with E-state index in [0.717, 1.165) is 4.40 Å². The zero-order valence-electron chi connectivity index (χ0n) is 13.9. The highest BCUT2D eigenvalue weighted by Gasteiger charge is 2.26. The molecule has 0 aliphatic carbocycles. The van der Waals surface area contributed by atoms with Gasteiger partial charge in [0.15, 0.2) is 0 Å². The molecule has 0 spiro atoms. The number of pyridine rings is 1. The third kappa shape index (κ3) is 3.42. The number of nitro groups is 2. The van der Waals surface area contributed by atoms with E-state index in [-0.39, 0.29) is 28.7 Å². The summed E-state index contributed by atoms with van der Waals surface area (Å²) in [5.41, 5.74) is -1.07. The summed E-state index contributed by atoms with van der Waals surface area (Å²) in [4.78, 5) is 39.1. The molecule has 0 aliphatic rings. The van der Waals surface area contributed by atoms with Crippen LogP contribution in [0.5, 0.6) is 0 Å². The Balaban J connectivity index is 2.11. The van der Waals surface area contributed by atoms with Crippen molar-refractivity contribution < 1.29 is 9.85 Å². The van der Waals surface area contributed by atoms with Crippen LogP contribution < -0.4 is 10.5 Å². The number of hydrogen-bond donors (Lipinski definition) is 0. The van der Waals surface area contributed by atoms with Crippen LogP contribution in [-0.2, 0) is 6.54 Å². The van der Waals surface area contributed by atoms with Crippen molar-refractivity contribution in [1.82, 2.24) is 9.38 Å². The van der Waals surface area contributed by atoms with E-state index in [1.165, 1.54) is 36.3 Å². The molecule has 1 aromatic carbocycles. The molecule has 138 valence electrons. The Labute approximate surface area is 156 Å². The predicted octanol–water partition coefficient (Wildman–Crippen LogP) is 2.80. The summed E-state index contributed by atoms with van der Waals surface area (Å²) in [6, 6.07) is 8.66. The number of anilines is 1. The summed E-state index contributed by atoms with van der Waals surface area (Å²) >= 11 is 6.09. The first-order valence-electron chi connectivity index (χ1n) is 7.59. The number of halogens is 1. The molecule has 0 fully saturated rings. The Morgan fingerprint density at radius 3 is 2.59 bits per heavy atom. The summed E-state index contributed by atoms with van der Waals surface area (Å²) in [7, 11) is 1.49. The van der Waals surface area contributed by atoms with Gasteiger partial charge in [-0.2, -0.15) is 0 Å². The number of rotatable bonds is 5. The average molecular weight is 390 g/mol. The first-order chi connectivity index (χ1) is 12.8. The Kier molecular flexibility index (Phi) is 4.74. The van der Waals surface area contributed by atoms with Gasteiger partial charge in [-0.3, -0.25) is 29.4 Å². The van der Waals surface area contributed by atoms with E-state index in [0.29, 0.717) is 5.56 Å². The Morgan fingerprint density at radius 1 is 1.19 bits per heavy atom. The molecule has 0 aliphatic heterocycles. The van der Waals surface area contributed by atoms with E-state index in [2.05, 4.69) is 4.98 Å². The molecule has 3 rings (SSSR count). The highest BCUT2D eigenvalue weighted by atomic mass is 35.5. The molecular weight excluding hydrogens is 378 g/mol. The van der Waals surface area contributed by atoms with Crippen molar-refractivity contribution in [2.24, 2.45) is 0 Å². The fourth-order valence-electron chi connectivity index (χ4n) is 2.62. The van der Waals surface area contributed by atoms with Crippen molar-refractivity contribution in [3.05, 3.63) is 83.8 Å². The van der Waals surface area contributed by atoms with Crippen molar-refractivity contribution in [1.29, 1.82) is 0 Å². The third-order valence-corrected chi connectivity index (χ3v) is 4.25. The first-order valence-corrected chi connectivity index (χ1v) is 7.97. The summed E-state index contributed by atoms with van der Waals surface area (Å²) in [5.74, 6) is -0.154. The molecule has 3 aromatic rings. The lowest BCUT2D eigenvalue weighted by Crippen LogP contribution is -2.26. The number of nitro benzene ring substituents is 1. The normalized spacial score (nSPS) is 10.7. The molecule has 0 saturated heterocycles. The fourth-order valence-corrected chi connectivity index (χ4v) is 2.80. The molecule has 0 unspecified atom stereocenters. The second-order valence-electron chi connectivity index (χ2n) is 5.66. The lowest BCUT2D eigenvalue weighted by molar-refractivity contribution is -0.385. The molecule has 10 nitrogen and oxygen atoms in total. The van der Waals surface area contributed by atoms with Gasteiger partial charge in [0.05, 0.1) is 9.85 Å². The zero-order chi connectivity index (χ0) is 19.7. The van der Waals surface area contributed by atoms with Gasteiger partial charge < -0.3 is 4.90 Å². The highest BCUT2D eigenvalue weighted by Crippen LogP contribution is 2.27.